The van der Waals surface area contributed by atoms with E-state index in [9.17, 15) is 4.39 Å². The van der Waals surface area contributed by atoms with Crippen molar-refractivity contribution in [1.82, 2.24) is 20.4 Å². The number of aromatic nitrogens is 2. The Morgan fingerprint density at radius 1 is 1.00 bits per heavy atom. The molecule has 8 heteroatoms. The number of guanidine groups is 1. The second-order valence-corrected chi connectivity index (χ2v) is 6.50. The van der Waals surface area contributed by atoms with Gasteiger partial charge in [-0.2, -0.15) is 5.10 Å². The summed E-state index contributed by atoms with van der Waals surface area (Å²) in [6.45, 7) is 1.49. The molecule has 0 fully saturated rings. The van der Waals surface area contributed by atoms with Crippen molar-refractivity contribution in [3.63, 3.8) is 0 Å². The van der Waals surface area contributed by atoms with Crippen LogP contribution in [-0.4, -0.2) is 43.0 Å². The molecule has 1 aromatic heterocycles. The number of hydrogen-bond acceptors (Lipinski definition) is 3. The molecule has 0 unspecified atom stereocenters. The van der Waals surface area contributed by atoms with Crippen LogP contribution in [0.2, 0.25) is 0 Å². The molecular weight excluding hydrogens is 496 g/mol. The maximum absolute atomic E-state index is 13.0. The highest BCUT2D eigenvalue weighted by Crippen LogP contribution is 2.11. The first-order valence-corrected chi connectivity index (χ1v) is 9.56. The molecule has 0 amide bonds. The summed E-state index contributed by atoms with van der Waals surface area (Å²) in [4.78, 5) is 4.25. The SMILES string of the molecule is CN=C(NCCc1ccc(OC)cc1)NCCc1ccn(-c2ccc(F)cc2)n1.I. The molecule has 0 bridgehead atoms. The van der Waals surface area contributed by atoms with Gasteiger partial charge in [-0.05, 0) is 54.4 Å². The first-order valence-electron chi connectivity index (χ1n) is 9.56. The van der Waals surface area contributed by atoms with Gasteiger partial charge in [0.2, 0.25) is 0 Å². The van der Waals surface area contributed by atoms with E-state index in [1.165, 1.54) is 17.7 Å². The van der Waals surface area contributed by atoms with Crippen LogP contribution in [0.4, 0.5) is 4.39 Å². The standard InChI is InChI=1S/C22H26FN5O.HI/c1-24-22(25-14-11-17-3-9-21(29-2)10-4-17)26-15-12-19-13-16-28(27-19)20-7-5-18(23)6-8-20;/h3-10,13,16H,11-12,14-15H2,1-2H3,(H2,24,25,26);1H. The summed E-state index contributed by atoms with van der Waals surface area (Å²) in [5.74, 6) is 1.37. The van der Waals surface area contributed by atoms with Crippen molar-refractivity contribution < 1.29 is 9.13 Å². The molecule has 0 saturated carbocycles. The normalized spacial score (nSPS) is 11.0. The van der Waals surface area contributed by atoms with Crippen LogP contribution in [-0.2, 0) is 12.8 Å². The van der Waals surface area contributed by atoms with Gasteiger partial charge in [0.1, 0.15) is 11.6 Å². The number of rotatable bonds is 8. The van der Waals surface area contributed by atoms with Gasteiger partial charge in [-0.1, -0.05) is 12.1 Å². The Labute approximate surface area is 193 Å². The zero-order valence-corrected chi connectivity index (χ0v) is 19.5. The van der Waals surface area contributed by atoms with Crippen LogP contribution in [0.15, 0.2) is 65.8 Å². The van der Waals surface area contributed by atoms with Gasteiger partial charge in [0.15, 0.2) is 5.96 Å². The summed E-state index contributed by atoms with van der Waals surface area (Å²) in [6, 6.07) is 16.3. The van der Waals surface area contributed by atoms with Gasteiger partial charge in [-0.15, -0.1) is 24.0 Å². The summed E-state index contributed by atoms with van der Waals surface area (Å²) < 4.78 is 20.0. The summed E-state index contributed by atoms with van der Waals surface area (Å²) >= 11 is 0. The van der Waals surface area contributed by atoms with Crippen molar-refractivity contribution in [1.29, 1.82) is 0 Å². The minimum atomic E-state index is -0.254. The molecule has 2 aromatic carbocycles. The predicted octanol–water partition coefficient (Wildman–Crippen LogP) is 3.59. The van der Waals surface area contributed by atoms with Crippen LogP contribution in [0.25, 0.3) is 5.69 Å². The van der Waals surface area contributed by atoms with Crippen molar-refractivity contribution in [2.45, 2.75) is 12.8 Å². The molecule has 6 nitrogen and oxygen atoms in total. The number of halogens is 2. The molecule has 0 radical (unpaired) electrons. The molecule has 1 heterocycles. The van der Waals surface area contributed by atoms with Crippen LogP contribution >= 0.6 is 24.0 Å². The van der Waals surface area contributed by atoms with E-state index in [4.69, 9.17) is 4.74 Å². The average molecular weight is 523 g/mol. The van der Waals surface area contributed by atoms with Gasteiger partial charge in [-0.3, -0.25) is 4.99 Å². The largest absolute Gasteiger partial charge is 0.497 e. The van der Waals surface area contributed by atoms with Crippen LogP contribution in [0.3, 0.4) is 0 Å². The van der Waals surface area contributed by atoms with E-state index in [2.05, 4.69) is 32.9 Å². The zero-order valence-electron chi connectivity index (χ0n) is 17.1. The Kier molecular flexibility index (Phi) is 9.59. The molecule has 0 aliphatic carbocycles. The Morgan fingerprint density at radius 3 is 2.30 bits per heavy atom. The minimum absolute atomic E-state index is 0. The zero-order chi connectivity index (χ0) is 20.5. The number of ether oxygens (including phenoxy) is 1. The van der Waals surface area contributed by atoms with Crippen LogP contribution < -0.4 is 15.4 Å². The molecule has 0 spiro atoms. The number of nitrogens with one attached hydrogen (secondary N) is 2. The second kappa shape index (κ2) is 12.2. The number of benzene rings is 2. The Morgan fingerprint density at radius 2 is 1.67 bits per heavy atom. The van der Waals surface area contributed by atoms with E-state index < -0.39 is 0 Å². The first-order chi connectivity index (χ1) is 14.2. The van der Waals surface area contributed by atoms with E-state index in [0.29, 0.717) is 6.54 Å². The predicted molar refractivity (Wildman–Crippen MR) is 129 cm³/mol. The summed E-state index contributed by atoms with van der Waals surface area (Å²) in [7, 11) is 3.42. The molecule has 0 saturated heterocycles. The van der Waals surface area contributed by atoms with Gasteiger partial charge in [0, 0.05) is 32.8 Å². The highest BCUT2D eigenvalue weighted by atomic mass is 127. The molecule has 0 atom stereocenters. The third-order valence-corrected chi connectivity index (χ3v) is 4.50. The van der Waals surface area contributed by atoms with Crippen molar-refractivity contribution in [3.05, 3.63) is 77.9 Å². The highest BCUT2D eigenvalue weighted by molar-refractivity contribution is 14.0. The molecular formula is C22H27FIN5O. The Balaban J connectivity index is 0.00000320. The monoisotopic (exact) mass is 523 g/mol. The smallest absolute Gasteiger partial charge is 0.190 e. The van der Waals surface area contributed by atoms with Gasteiger partial charge in [-0.25, -0.2) is 9.07 Å². The molecule has 3 aromatic rings. The van der Waals surface area contributed by atoms with E-state index in [0.717, 1.165) is 42.5 Å². The number of methoxy groups -OCH3 is 1. The van der Waals surface area contributed by atoms with Crippen LogP contribution in [0, 0.1) is 5.82 Å². The fourth-order valence-corrected chi connectivity index (χ4v) is 2.88. The average Bonchev–Trinajstić information content (AvgIpc) is 3.22. The van der Waals surface area contributed by atoms with E-state index >= 15 is 0 Å². The van der Waals surface area contributed by atoms with E-state index in [1.54, 1.807) is 31.0 Å². The van der Waals surface area contributed by atoms with Crippen molar-refractivity contribution >= 4 is 29.9 Å². The molecule has 0 aliphatic heterocycles. The number of hydrogen-bond donors (Lipinski definition) is 2. The molecule has 2 N–H and O–H groups in total. The molecule has 0 aliphatic rings. The summed E-state index contributed by atoms with van der Waals surface area (Å²) in [5, 5.41) is 11.1. The van der Waals surface area contributed by atoms with Crippen molar-refractivity contribution in [2.24, 2.45) is 4.99 Å². The topological polar surface area (TPSA) is 63.5 Å². The summed E-state index contributed by atoms with van der Waals surface area (Å²) in [5.41, 5.74) is 3.03. The number of aliphatic imine (C=N–C) groups is 1. The lowest BCUT2D eigenvalue weighted by molar-refractivity contribution is 0.414. The highest BCUT2D eigenvalue weighted by Gasteiger charge is 2.03. The van der Waals surface area contributed by atoms with Gasteiger partial charge >= 0.3 is 0 Å². The minimum Gasteiger partial charge on any atom is -0.497 e. The lowest BCUT2D eigenvalue weighted by atomic mass is 10.1. The van der Waals surface area contributed by atoms with Crippen LogP contribution in [0.5, 0.6) is 5.75 Å². The first kappa shape index (κ1) is 23.7. The third-order valence-electron chi connectivity index (χ3n) is 4.50. The van der Waals surface area contributed by atoms with Gasteiger partial charge in [0.05, 0.1) is 18.5 Å². The van der Waals surface area contributed by atoms with Crippen LogP contribution in [0.1, 0.15) is 11.3 Å². The van der Waals surface area contributed by atoms with Gasteiger partial charge in [0.25, 0.3) is 0 Å². The van der Waals surface area contributed by atoms with E-state index in [-0.39, 0.29) is 29.8 Å². The maximum Gasteiger partial charge on any atom is 0.190 e. The Bertz CT molecular complexity index is 925. The second-order valence-electron chi connectivity index (χ2n) is 6.50. The van der Waals surface area contributed by atoms with Crippen molar-refractivity contribution in [2.75, 3.05) is 27.2 Å². The summed E-state index contributed by atoms with van der Waals surface area (Å²) in [6.07, 6.45) is 3.53. The molecule has 3 rings (SSSR count). The maximum atomic E-state index is 13.0. The Hall–Kier alpha value is -2.62. The van der Waals surface area contributed by atoms with E-state index in [1.807, 2.05) is 24.4 Å². The quantitative estimate of drug-likeness (QED) is 0.269. The lowest BCUT2D eigenvalue weighted by Gasteiger charge is -2.11. The fourth-order valence-electron chi connectivity index (χ4n) is 2.88. The number of nitrogens with zero attached hydrogens (tertiary/aromatic N) is 3. The van der Waals surface area contributed by atoms with Crippen molar-refractivity contribution in [3.8, 4) is 11.4 Å². The van der Waals surface area contributed by atoms with Gasteiger partial charge < -0.3 is 15.4 Å². The fraction of sp³-hybridized carbons (Fsp3) is 0.273. The third kappa shape index (κ3) is 7.01. The molecule has 30 heavy (non-hydrogen) atoms. The molecule has 160 valence electrons. The lowest BCUT2D eigenvalue weighted by Crippen LogP contribution is -2.39.